The van der Waals surface area contributed by atoms with E-state index >= 15 is 0 Å². The van der Waals surface area contributed by atoms with E-state index in [1.807, 2.05) is 66.9 Å². The number of hydrogen-bond acceptors (Lipinski definition) is 6. The molecule has 1 aliphatic heterocycles. The van der Waals surface area contributed by atoms with Gasteiger partial charge in [-0.1, -0.05) is 6.07 Å². The van der Waals surface area contributed by atoms with E-state index in [1.54, 1.807) is 10.7 Å². The van der Waals surface area contributed by atoms with E-state index in [4.69, 9.17) is 14.5 Å². The average molecular weight is 345 g/mol. The highest BCUT2D eigenvalue weighted by atomic mass is 16.7. The summed E-state index contributed by atoms with van der Waals surface area (Å²) in [7, 11) is 1.97. The Morgan fingerprint density at radius 1 is 1.08 bits per heavy atom. The van der Waals surface area contributed by atoms with Crippen LogP contribution in [0, 0.1) is 0 Å². The molecule has 4 heterocycles. The third-order valence-corrected chi connectivity index (χ3v) is 4.41. The molecule has 1 aliphatic rings. The summed E-state index contributed by atoms with van der Waals surface area (Å²) in [5.41, 5.74) is 3.67. The molecule has 1 aromatic carbocycles. The second-order valence-electron chi connectivity index (χ2n) is 5.95. The molecule has 7 heteroatoms. The number of aromatic nitrogens is 4. The summed E-state index contributed by atoms with van der Waals surface area (Å²) in [5, 5.41) is 4.39. The van der Waals surface area contributed by atoms with Gasteiger partial charge >= 0.3 is 0 Å². The molecular weight excluding hydrogens is 330 g/mol. The van der Waals surface area contributed by atoms with E-state index in [-0.39, 0.29) is 6.79 Å². The van der Waals surface area contributed by atoms with Crippen molar-refractivity contribution >= 4 is 17.2 Å². The van der Waals surface area contributed by atoms with Gasteiger partial charge in [-0.25, -0.2) is 9.50 Å². The van der Waals surface area contributed by atoms with Crippen molar-refractivity contribution in [3.8, 4) is 22.6 Å². The van der Waals surface area contributed by atoms with Gasteiger partial charge in [-0.05, 0) is 24.3 Å². The number of pyridine rings is 1. The molecule has 26 heavy (non-hydrogen) atoms. The van der Waals surface area contributed by atoms with Crippen LogP contribution in [0.15, 0.2) is 61.2 Å². The number of rotatable bonds is 3. The van der Waals surface area contributed by atoms with Crippen LogP contribution in [0.25, 0.3) is 16.8 Å². The largest absolute Gasteiger partial charge is 0.454 e. The molecular formula is C19H15N5O2. The molecule has 0 spiro atoms. The van der Waals surface area contributed by atoms with Crippen molar-refractivity contribution in [2.24, 2.45) is 0 Å². The maximum absolute atomic E-state index is 5.47. The standard InChI is InChI=1S/C19H15N5O2/c1-23(14-4-5-16-17(9-14)26-12-25-16)18-6-8-24-19(22-18)15(11-21-24)13-3-2-7-20-10-13/h2-11H,12H2,1H3. The Labute approximate surface area is 149 Å². The fourth-order valence-corrected chi connectivity index (χ4v) is 3.00. The Hall–Kier alpha value is -3.61. The van der Waals surface area contributed by atoms with Gasteiger partial charge in [-0.15, -0.1) is 0 Å². The fourth-order valence-electron chi connectivity index (χ4n) is 3.00. The second-order valence-corrected chi connectivity index (χ2v) is 5.95. The third kappa shape index (κ3) is 2.33. The zero-order valence-corrected chi connectivity index (χ0v) is 14.0. The first-order valence-corrected chi connectivity index (χ1v) is 8.18. The summed E-state index contributed by atoms with van der Waals surface area (Å²) >= 11 is 0. The summed E-state index contributed by atoms with van der Waals surface area (Å²) < 4.78 is 12.6. The number of nitrogens with zero attached hydrogens (tertiary/aromatic N) is 5. The quantitative estimate of drug-likeness (QED) is 0.568. The molecule has 0 radical (unpaired) electrons. The van der Waals surface area contributed by atoms with E-state index in [0.29, 0.717) is 0 Å². The molecule has 0 N–H and O–H groups in total. The topological polar surface area (TPSA) is 64.8 Å². The van der Waals surface area contributed by atoms with Gasteiger partial charge in [0.1, 0.15) is 5.82 Å². The summed E-state index contributed by atoms with van der Waals surface area (Å²) in [5.74, 6) is 2.32. The summed E-state index contributed by atoms with van der Waals surface area (Å²) in [6.45, 7) is 0.261. The molecule has 7 nitrogen and oxygen atoms in total. The zero-order valence-electron chi connectivity index (χ0n) is 14.0. The fraction of sp³-hybridized carbons (Fsp3) is 0.105. The van der Waals surface area contributed by atoms with Crippen LogP contribution < -0.4 is 14.4 Å². The lowest BCUT2D eigenvalue weighted by Gasteiger charge is -2.18. The van der Waals surface area contributed by atoms with Gasteiger partial charge in [0, 0.05) is 48.5 Å². The van der Waals surface area contributed by atoms with Gasteiger partial charge in [0.15, 0.2) is 17.1 Å². The Morgan fingerprint density at radius 2 is 2.00 bits per heavy atom. The van der Waals surface area contributed by atoms with Gasteiger partial charge in [0.05, 0.1) is 6.20 Å². The van der Waals surface area contributed by atoms with Crippen molar-refractivity contribution in [2.45, 2.75) is 0 Å². The van der Waals surface area contributed by atoms with Crippen LogP contribution in [0.4, 0.5) is 11.5 Å². The Kier molecular flexibility index (Phi) is 3.24. The molecule has 128 valence electrons. The predicted molar refractivity (Wildman–Crippen MR) is 96.8 cm³/mol. The highest BCUT2D eigenvalue weighted by Gasteiger charge is 2.16. The molecule has 0 saturated carbocycles. The van der Waals surface area contributed by atoms with Crippen LogP contribution in [0.3, 0.4) is 0 Å². The van der Waals surface area contributed by atoms with Crippen LogP contribution in [-0.4, -0.2) is 33.4 Å². The minimum atomic E-state index is 0.261. The Balaban J connectivity index is 1.57. The second kappa shape index (κ2) is 5.73. The molecule has 0 unspecified atom stereocenters. The average Bonchev–Trinajstić information content (AvgIpc) is 3.33. The minimum absolute atomic E-state index is 0.261. The number of hydrogen-bond donors (Lipinski definition) is 0. The van der Waals surface area contributed by atoms with Crippen LogP contribution in [0.2, 0.25) is 0 Å². The van der Waals surface area contributed by atoms with Gasteiger partial charge in [0.25, 0.3) is 0 Å². The van der Waals surface area contributed by atoms with E-state index < -0.39 is 0 Å². The van der Waals surface area contributed by atoms with Crippen molar-refractivity contribution in [3.63, 3.8) is 0 Å². The van der Waals surface area contributed by atoms with Crippen molar-refractivity contribution in [1.82, 2.24) is 19.6 Å². The number of fused-ring (bicyclic) bond motifs is 2. The summed E-state index contributed by atoms with van der Waals surface area (Å²) in [4.78, 5) is 11.0. The molecule has 0 aliphatic carbocycles. The molecule has 5 rings (SSSR count). The highest BCUT2D eigenvalue weighted by molar-refractivity contribution is 5.77. The van der Waals surface area contributed by atoms with Gasteiger partial charge < -0.3 is 14.4 Å². The first-order chi connectivity index (χ1) is 12.8. The van der Waals surface area contributed by atoms with E-state index in [2.05, 4.69) is 10.1 Å². The monoisotopic (exact) mass is 345 g/mol. The maximum Gasteiger partial charge on any atom is 0.231 e. The maximum atomic E-state index is 5.47. The smallest absolute Gasteiger partial charge is 0.231 e. The molecule has 0 fully saturated rings. The molecule has 4 aromatic rings. The lowest BCUT2D eigenvalue weighted by molar-refractivity contribution is 0.174. The van der Waals surface area contributed by atoms with Crippen LogP contribution >= 0.6 is 0 Å². The Bertz CT molecular complexity index is 1090. The predicted octanol–water partition coefficient (Wildman–Crippen LogP) is 3.29. The minimum Gasteiger partial charge on any atom is -0.454 e. The van der Waals surface area contributed by atoms with Crippen molar-refractivity contribution in [2.75, 3.05) is 18.7 Å². The SMILES string of the molecule is CN(c1ccc2c(c1)OCO2)c1ccn2ncc(-c3cccnc3)c2n1. The lowest BCUT2D eigenvalue weighted by atomic mass is 10.1. The number of ether oxygens (including phenoxy) is 2. The van der Waals surface area contributed by atoms with E-state index in [9.17, 15) is 0 Å². The number of benzene rings is 1. The van der Waals surface area contributed by atoms with Gasteiger partial charge in [-0.3, -0.25) is 4.98 Å². The van der Waals surface area contributed by atoms with Crippen molar-refractivity contribution in [1.29, 1.82) is 0 Å². The lowest BCUT2D eigenvalue weighted by Crippen LogP contribution is -2.11. The van der Waals surface area contributed by atoms with Crippen molar-refractivity contribution in [3.05, 3.63) is 61.2 Å². The van der Waals surface area contributed by atoms with Gasteiger partial charge in [-0.2, -0.15) is 5.10 Å². The van der Waals surface area contributed by atoms with Gasteiger partial charge in [0.2, 0.25) is 6.79 Å². The molecule has 0 amide bonds. The molecule has 0 atom stereocenters. The van der Waals surface area contributed by atoms with Crippen LogP contribution in [0.5, 0.6) is 11.5 Å². The highest BCUT2D eigenvalue weighted by Crippen LogP contribution is 2.36. The normalized spacial score (nSPS) is 12.5. The van der Waals surface area contributed by atoms with E-state index in [0.717, 1.165) is 39.8 Å². The third-order valence-electron chi connectivity index (χ3n) is 4.41. The number of anilines is 2. The Morgan fingerprint density at radius 3 is 2.88 bits per heavy atom. The molecule has 0 saturated heterocycles. The first kappa shape index (κ1) is 14.7. The first-order valence-electron chi connectivity index (χ1n) is 8.18. The zero-order chi connectivity index (χ0) is 17.5. The van der Waals surface area contributed by atoms with E-state index in [1.165, 1.54) is 0 Å². The molecule has 0 bridgehead atoms. The van der Waals surface area contributed by atoms with Crippen LogP contribution in [-0.2, 0) is 0 Å². The summed E-state index contributed by atoms with van der Waals surface area (Å²) in [6, 6.07) is 11.7. The molecule has 3 aromatic heterocycles. The van der Waals surface area contributed by atoms with Crippen molar-refractivity contribution < 1.29 is 9.47 Å². The van der Waals surface area contributed by atoms with Crippen LogP contribution in [0.1, 0.15) is 0 Å². The summed E-state index contributed by atoms with van der Waals surface area (Å²) in [6.07, 6.45) is 7.28.